The van der Waals surface area contributed by atoms with Crippen LogP contribution < -0.4 is 0 Å². The molecule has 0 spiro atoms. The maximum absolute atomic E-state index is 12.5. The van der Waals surface area contributed by atoms with Crippen molar-refractivity contribution >= 4 is 23.6 Å². The Balaban J connectivity index is 2.40. The standard InChI is InChI=1S/C17H17NO3S/c1-18(2)16(19)15(12-8-4-3-5-9-12)22-14-11-7-6-10-13(14)17(20)21/h3-11,15H,1-2H3,(H,20,21). The first-order chi connectivity index (χ1) is 10.5. The van der Waals surface area contributed by atoms with Crippen molar-refractivity contribution in [1.29, 1.82) is 0 Å². The number of carboxylic acid groups (broad SMARTS) is 1. The second-order valence-electron chi connectivity index (χ2n) is 4.94. The fourth-order valence-electron chi connectivity index (χ4n) is 2.00. The van der Waals surface area contributed by atoms with Crippen molar-refractivity contribution in [2.45, 2.75) is 10.1 Å². The Kier molecular flexibility index (Phi) is 5.22. The molecule has 0 bridgehead atoms. The lowest BCUT2D eigenvalue weighted by Gasteiger charge is -2.21. The van der Waals surface area contributed by atoms with E-state index in [0.717, 1.165) is 5.56 Å². The summed E-state index contributed by atoms with van der Waals surface area (Å²) >= 11 is 1.26. The van der Waals surface area contributed by atoms with Gasteiger partial charge in [0.25, 0.3) is 0 Å². The third kappa shape index (κ3) is 3.68. The first kappa shape index (κ1) is 16.1. The molecule has 2 rings (SSSR count). The van der Waals surface area contributed by atoms with Crippen LogP contribution in [0.5, 0.6) is 0 Å². The zero-order chi connectivity index (χ0) is 16.1. The van der Waals surface area contributed by atoms with Crippen LogP contribution in [0.2, 0.25) is 0 Å². The van der Waals surface area contributed by atoms with E-state index in [1.165, 1.54) is 16.7 Å². The first-order valence-corrected chi connectivity index (χ1v) is 7.63. The maximum Gasteiger partial charge on any atom is 0.336 e. The highest BCUT2D eigenvalue weighted by Crippen LogP contribution is 2.38. The number of likely N-dealkylation sites (N-methyl/N-ethyl adjacent to an activating group) is 1. The van der Waals surface area contributed by atoms with Gasteiger partial charge in [0.05, 0.1) is 5.56 Å². The Hall–Kier alpha value is -2.27. The fraction of sp³-hybridized carbons (Fsp3) is 0.176. The number of benzene rings is 2. The van der Waals surface area contributed by atoms with Crippen LogP contribution in [0.4, 0.5) is 0 Å². The van der Waals surface area contributed by atoms with E-state index in [1.54, 1.807) is 38.4 Å². The molecule has 1 amide bonds. The van der Waals surface area contributed by atoms with Crippen molar-refractivity contribution in [3.05, 3.63) is 65.7 Å². The van der Waals surface area contributed by atoms with Crippen molar-refractivity contribution in [2.24, 2.45) is 0 Å². The molecule has 2 aromatic carbocycles. The Bertz CT molecular complexity index is 671. The van der Waals surface area contributed by atoms with Crippen LogP contribution in [0.15, 0.2) is 59.5 Å². The normalized spacial score (nSPS) is 11.7. The Labute approximate surface area is 133 Å². The number of aromatic carboxylic acids is 1. The minimum absolute atomic E-state index is 0.0728. The average Bonchev–Trinajstić information content (AvgIpc) is 2.53. The topological polar surface area (TPSA) is 57.6 Å². The lowest BCUT2D eigenvalue weighted by molar-refractivity contribution is -0.128. The van der Waals surface area contributed by atoms with E-state index >= 15 is 0 Å². The first-order valence-electron chi connectivity index (χ1n) is 6.76. The van der Waals surface area contributed by atoms with E-state index in [0.29, 0.717) is 4.90 Å². The summed E-state index contributed by atoms with van der Waals surface area (Å²) in [5.74, 6) is -1.07. The van der Waals surface area contributed by atoms with Gasteiger partial charge in [0.1, 0.15) is 5.25 Å². The van der Waals surface area contributed by atoms with Gasteiger partial charge in [-0.2, -0.15) is 0 Å². The summed E-state index contributed by atoms with van der Waals surface area (Å²) in [5, 5.41) is 8.81. The summed E-state index contributed by atoms with van der Waals surface area (Å²) in [6, 6.07) is 16.1. The van der Waals surface area contributed by atoms with Gasteiger partial charge in [0.15, 0.2) is 0 Å². The highest BCUT2D eigenvalue weighted by atomic mass is 32.2. The maximum atomic E-state index is 12.5. The number of thioether (sulfide) groups is 1. The molecule has 0 aliphatic rings. The van der Waals surface area contributed by atoms with Gasteiger partial charge in [0, 0.05) is 19.0 Å². The van der Waals surface area contributed by atoms with Crippen LogP contribution in [0.1, 0.15) is 21.2 Å². The summed E-state index contributed by atoms with van der Waals surface area (Å²) < 4.78 is 0. The Morgan fingerprint density at radius 3 is 2.18 bits per heavy atom. The zero-order valence-electron chi connectivity index (χ0n) is 12.4. The molecule has 22 heavy (non-hydrogen) atoms. The predicted molar refractivity (Wildman–Crippen MR) is 87.1 cm³/mol. The molecule has 0 saturated heterocycles. The van der Waals surface area contributed by atoms with Gasteiger partial charge >= 0.3 is 5.97 Å². The van der Waals surface area contributed by atoms with Gasteiger partial charge in [-0.05, 0) is 17.7 Å². The third-order valence-corrected chi connectivity index (χ3v) is 4.45. The van der Waals surface area contributed by atoms with Gasteiger partial charge in [-0.15, -0.1) is 11.8 Å². The molecular weight excluding hydrogens is 298 g/mol. The monoisotopic (exact) mass is 315 g/mol. The van der Waals surface area contributed by atoms with Crippen LogP contribution in [0.25, 0.3) is 0 Å². The summed E-state index contributed by atoms with van der Waals surface area (Å²) in [6.45, 7) is 0. The Morgan fingerprint density at radius 1 is 1.00 bits per heavy atom. The summed E-state index contributed by atoms with van der Waals surface area (Å²) in [5.41, 5.74) is 1.06. The summed E-state index contributed by atoms with van der Waals surface area (Å²) in [6.07, 6.45) is 0. The highest BCUT2D eigenvalue weighted by molar-refractivity contribution is 8.00. The third-order valence-electron chi connectivity index (χ3n) is 3.13. The van der Waals surface area contributed by atoms with E-state index in [9.17, 15) is 14.7 Å². The smallest absolute Gasteiger partial charge is 0.336 e. The number of carboxylic acids is 1. The minimum atomic E-state index is -0.993. The van der Waals surface area contributed by atoms with Gasteiger partial charge in [-0.25, -0.2) is 4.79 Å². The second kappa shape index (κ2) is 7.13. The van der Waals surface area contributed by atoms with Gasteiger partial charge in [0.2, 0.25) is 5.91 Å². The molecule has 0 saturated carbocycles. The van der Waals surface area contributed by atoms with Crippen LogP contribution in [-0.2, 0) is 4.79 Å². The predicted octanol–water partition coefficient (Wildman–Crippen LogP) is 3.31. The van der Waals surface area contributed by atoms with Crippen molar-refractivity contribution in [3.8, 4) is 0 Å². The molecule has 1 unspecified atom stereocenters. The number of carbonyl (C=O) groups excluding carboxylic acids is 1. The van der Waals surface area contributed by atoms with Crippen molar-refractivity contribution < 1.29 is 14.7 Å². The molecule has 0 fully saturated rings. The highest BCUT2D eigenvalue weighted by Gasteiger charge is 2.25. The van der Waals surface area contributed by atoms with E-state index in [-0.39, 0.29) is 11.5 Å². The number of carbonyl (C=O) groups is 2. The van der Waals surface area contributed by atoms with Crippen molar-refractivity contribution in [1.82, 2.24) is 4.90 Å². The molecule has 2 aromatic rings. The zero-order valence-corrected chi connectivity index (χ0v) is 13.2. The van der Waals surface area contributed by atoms with Crippen molar-refractivity contribution in [3.63, 3.8) is 0 Å². The lowest BCUT2D eigenvalue weighted by atomic mass is 10.1. The number of nitrogens with zero attached hydrogens (tertiary/aromatic N) is 1. The molecule has 4 nitrogen and oxygen atoms in total. The molecular formula is C17H17NO3S. The molecule has 0 aromatic heterocycles. The van der Waals surface area contributed by atoms with Gasteiger partial charge in [-0.1, -0.05) is 42.5 Å². The minimum Gasteiger partial charge on any atom is -0.478 e. The largest absolute Gasteiger partial charge is 0.478 e. The second-order valence-corrected chi connectivity index (χ2v) is 6.09. The van der Waals surface area contributed by atoms with Crippen LogP contribution >= 0.6 is 11.8 Å². The fourth-order valence-corrected chi connectivity index (χ4v) is 3.29. The molecule has 0 heterocycles. The van der Waals surface area contributed by atoms with Crippen molar-refractivity contribution in [2.75, 3.05) is 14.1 Å². The van der Waals surface area contributed by atoms with E-state index < -0.39 is 11.2 Å². The molecule has 114 valence electrons. The van der Waals surface area contributed by atoms with E-state index in [2.05, 4.69) is 0 Å². The molecule has 0 aliphatic carbocycles. The van der Waals surface area contributed by atoms with E-state index in [4.69, 9.17) is 0 Å². The van der Waals surface area contributed by atoms with E-state index in [1.807, 2.05) is 30.3 Å². The molecule has 1 atom stereocenters. The number of rotatable bonds is 5. The molecule has 5 heteroatoms. The quantitative estimate of drug-likeness (QED) is 0.860. The molecule has 0 radical (unpaired) electrons. The number of hydrogen-bond acceptors (Lipinski definition) is 3. The summed E-state index contributed by atoms with van der Waals surface area (Å²) in [7, 11) is 3.39. The van der Waals surface area contributed by atoms with Gasteiger partial charge < -0.3 is 10.0 Å². The Morgan fingerprint density at radius 2 is 1.59 bits per heavy atom. The van der Waals surface area contributed by atoms with Gasteiger partial charge in [-0.3, -0.25) is 4.79 Å². The molecule has 1 N–H and O–H groups in total. The SMILES string of the molecule is CN(C)C(=O)C(Sc1ccccc1C(=O)O)c1ccccc1. The van der Waals surface area contributed by atoms with Crippen LogP contribution in [0.3, 0.4) is 0 Å². The number of amides is 1. The lowest BCUT2D eigenvalue weighted by Crippen LogP contribution is -2.26. The molecule has 0 aliphatic heterocycles. The number of hydrogen-bond donors (Lipinski definition) is 1. The average molecular weight is 315 g/mol. The van der Waals surface area contributed by atoms with Crippen LogP contribution in [-0.4, -0.2) is 36.0 Å². The summed E-state index contributed by atoms with van der Waals surface area (Å²) in [4.78, 5) is 25.9. The van der Waals surface area contributed by atoms with Crippen LogP contribution in [0, 0.1) is 0 Å².